The summed E-state index contributed by atoms with van der Waals surface area (Å²) in [5, 5.41) is 13.7. The predicted molar refractivity (Wildman–Crippen MR) is 112 cm³/mol. The molecule has 164 valence electrons. The van der Waals surface area contributed by atoms with E-state index in [1.807, 2.05) is 6.07 Å². The molecule has 0 bridgehead atoms. The molecule has 0 aliphatic heterocycles. The van der Waals surface area contributed by atoms with Gasteiger partial charge in [-0.3, -0.25) is 9.20 Å². The second-order valence-electron chi connectivity index (χ2n) is 8.31. The zero-order chi connectivity index (χ0) is 22.6. The van der Waals surface area contributed by atoms with Crippen molar-refractivity contribution in [3.05, 3.63) is 46.0 Å². The first kappa shape index (κ1) is 20.3. The molecular formula is C22H21FN6O3. The highest BCUT2D eigenvalue weighted by molar-refractivity contribution is 5.87. The SMILES string of the molecule is COC1(c2noc(-c3ncn4c3c(=O)n(C(C)C)c3c(C#N)c(F)ccc34)n2)CCCC1. The minimum Gasteiger partial charge on any atom is -0.370 e. The Kier molecular flexibility index (Phi) is 4.60. The van der Waals surface area contributed by atoms with Gasteiger partial charge in [-0.25, -0.2) is 9.37 Å². The van der Waals surface area contributed by atoms with Gasteiger partial charge in [0.2, 0.25) is 5.82 Å². The van der Waals surface area contributed by atoms with E-state index in [0.717, 1.165) is 25.7 Å². The van der Waals surface area contributed by atoms with Gasteiger partial charge < -0.3 is 13.8 Å². The van der Waals surface area contributed by atoms with Crippen LogP contribution in [0.1, 0.15) is 57.0 Å². The van der Waals surface area contributed by atoms with Gasteiger partial charge in [0.05, 0.1) is 11.0 Å². The fraction of sp³-hybridized carbons (Fsp3) is 0.409. The number of fused-ring (bicyclic) bond motifs is 3. The quantitative estimate of drug-likeness (QED) is 0.479. The van der Waals surface area contributed by atoms with Crippen molar-refractivity contribution >= 4 is 16.6 Å². The molecule has 0 N–H and O–H groups in total. The molecular weight excluding hydrogens is 415 g/mol. The third kappa shape index (κ3) is 2.71. The number of hydrogen-bond donors (Lipinski definition) is 0. The molecule has 0 saturated heterocycles. The number of methoxy groups -OCH3 is 1. The summed E-state index contributed by atoms with van der Waals surface area (Å²) in [6, 6.07) is 4.29. The fourth-order valence-electron chi connectivity index (χ4n) is 4.67. The van der Waals surface area contributed by atoms with E-state index in [4.69, 9.17) is 9.26 Å². The van der Waals surface area contributed by atoms with Crippen LogP contribution in [-0.2, 0) is 10.3 Å². The van der Waals surface area contributed by atoms with Crippen LogP contribution in [0.25, 0.3) is 28.1 Å². The summed E-state index contributed by atoms with van der Waals surface area (Å²) in [5.74, 6) is -0.135. The van der Waals surface area contributed by atoms with Crippen LogP contribution in [0.2, 0.25) is 0 Å². The van der Waals surface area contributed by atoms with Gasteiger partial charge in [-0.2, -0.15) is 10.2 Å². The molecule has 0 spiro atoms. The molecule has 9 nitrogen and oxygen atoms in total. The Morgan fingerprint density at radius 3 is 2.69 bits per heavy atom. The second-order valence-corrected chi connectivity index (χ2v) is 8.31. The van der Waals surface area contributed by atoms with E-state index < -0.39 is 17.0 Å². The van der Waals surface area contributed by atoms with Gasteiger partial charge in [0.25, 0.3) is 11.4 Å². The first-order chi connectivity index (χ1) is 15.4. The molecule has 1 fully saturated rings. The van der Waals surface area contributed by atoms with Crippen molar-refractivity contribution in [2.45, 2.75) is 51.2 Å². The summed E-state index contributed by atoms with van der Waals surface area (Å²) in [5.41, 5.74) is -0.0558. The van der Waals surface area contributed by atoms with E-state index in [9.17, 15) is 14.4 Å². The van der Waals surface area contributed by atoms with Crippen LogP contribution in [0.3, 0.4) is 0 Å². The summed E-state index contributed by atoms with van der Waals surface area (Å²) in [6.07, 6.45) is 5.05. The topological polar surface area (TPSA) is 111 Å². The number of benzene rings is 1. The predicted octanol–water partition coefficient (Wildman–Crippen LogP) is 3.71. The number of hydrogen-bond acceptors (Lipinski definition) is 7. The minimum atomic E-state index is -0.684. The lowest BCUT2D eigenvalue weighted by Gasteiger charge is -2.22. The zero-order valence-corrected chi connectivity index (χ0v) is 17.9. The highest BCUT2D eigenvalue weighted by atomic mass is 19.1. The van der Waals surface area contributed by atoms with E-state index in [2.05, 4.69) is 15.1 Å². The highest BCUT2D eigenvalue weighted by Gasteiger charge is 2.40. The zero-order valence-electron chi connectivity index (χ0n) is 17.9. The minimum absolute atomic E-state index is 0.111. The van der Waals surface area contributed by atoms with Gasteiger partial charge in [-0.05, 0) is 51.7 Å². The average molecular weight is 436 g/mol. The molecule has 1 aromatic carbocycles. The van der Waals surface area contributed by atoms with Gasteiger partial charge in [0, 0.05) is 13.2 Å². The molecule has 1 aliphatic carbocycles. The van der Waals surface area contributed by atoms with Crippen molar-refractivity contribution in [2.75, 3.05) is 7.11 Å². The van der Waals surface area contributed by atoms with Crippen LogP contribution < -0.4 is 5.56 Å². The monoisotopic (exact) mass is 436 g/mol. The number of ether oxygens (including phenoxy) is 1. The maximum atomic E-state index is 14.4. The maximum Gasteiger partial charge on any atom is 0.279 e. The second kappa shape index (κ2) is 7.24. The number of halogens is 1. The molecule has 0 atom stereocenters. The maximum absolute atomic E-state index is 14.4. The third-order valence-corrected chi connectivity index (χ3v) is 6.26. The summed E-state index contributed by atoms with van der Waals surface area (Å²) < 4.78 is 28.6. The van der Waals surface area contributed by atoms with E-state index in [0.29, 0.717) is 11.3 Å². The van der Waals surface area contributed by atoms with Crippen molar-refractivity contribution in [1.82, 2.24) is 24.1 Å². The molecule has 5 rings (SSSR count). The molecule has 32 heavy (non-hydrogen) atoms. The van der Waals surface area contributed by atoms with Crippen molar-refractivity contribution in [2.24, 2.45) is 0 Å². The summed E-state index contributed by atoms with van der Waals surface area (Å²) >= 11 is 0. The Labute approximate surface area is 182 Å². The lowest BCUT2D eigenvalue weighted by atomic mass is 10.0. The molecule has 1 saturated carbocycles. The van der Waals surface area contributed by atoms with E-state index >= 15 is 0 Å². The first-order valence-electron chi connectivity index (χ1n) is 10.5. The Morgan fingerprint density at radius 2 is 2.03 bits per heavy atom. The summed E-state index contributed by atoms with van der Waals surface area (Å²) in [4.78, 5) is 22.5. The number of imidazole rings is 1. The van der Waals surface area contributed by atoms with Crippen molar-refractivity contribution in [1.29, 1.82) is 5.26 Å². The normalized spacial score (nSPS) is 15.8. The molecule has 1 aliphatic rings. The number of aromatic nitrogens is 5. The van der Waals surface area contributed by atoms with E-state index in [-0.39, 0.29) is 34.2 Å². The first-order valence-corrected chi connectivity index (χ1v) is 10.5. The van der Waals surface area contributed by atoms with Crippen molar-refractivity contribution in [3.8, 4) is 17.7 Å². The average Bonchev–Trinajstić information content (AvgIpc) is 3.52. The van der Waals surface area contributed by atoms with Gasteiger partial charge >= 0.3 is 0 Å². The third-order valence-electron chi connectivity index (χ3n) is 6.26. The number of rotatable bonds is 4. The lowest BCUT2D eigenvalue weighted by Crippen LogP contribution is -2.26. The Morgan fingerprint density at radius 1 is 1.28 bits per heavy atom. The van der Waals surface area contributed by atoms with Gasteiger partial charge in [-0.1, -0.05) is 5.16 Å². The number of nitriles is 1. The molecule has 0 unspecified atom stereocenters. The van der Waals surface area contributed by atoms with Crippen LogP contribution in [0.5, 0.6) is 0 Å². The Balaban J connectivity index is 1.80. The van der Waals surface area contributed by atoms with E-state index in [1.54, 1.807) is 21.0 Å². The molecule has 3 aromatic heterocycles. The molecule has 3 heterocycles. The van der Waals surface area contributed by atoms with Gasteiger partial charge in [-0.15, -0.1) is 0 Å². The Bertz CT molecular complexity index is 1450. The molecule has 10 heteroatoms. The highest BCUT2D eigenvalue weighted by Crippen LogP contribution is 2.40. The smallest absolute Gasteiger partial charge is 0.279 e. The largest absolute Gasteiger partial charge is 0.370 e. The summed E-state index contributed by atoms with van der Waals surface area (Å²) in [6.45, 7) is 3.60. The standard InChI is InChI=1S/C22H21FN6O3/c1-12(2)29-17-13(10-24)14(23)6-7-15(17)28-11-25-16(18(28)20(29)30)19-26-21(27-32-19)22(31-3)8-4-5-9-22/h6-7,11-12H,4-5,8-9H2,1-3H3. The van der Waals surface area contributed by atoms with Crippen LogP contribution in [0.15, 0.2) is 27.8 Å². The lowest BCUT2D eigenvalue weighted by molar-refractivity contribution is -0.0178. The van der Waals surface area contributed by atoms with Crippen LogP contribution in [0, 0.1) is 17.1 Å². The number of nitrogens with zero attached hydrogens (tertiary/aromatic N) is 6. The van der Waals surface area contributed by atoms with Crippen LogP contribution >= 0.6 is 0 Å². The molecule has 0 radical (unpaired) electrons. The Hall–Kier alpha value is -3.58. The fourth-order valence-corrected chi connectivity index (χ4v) is 4.67. The molecule has 4 aromatic rings. The van der Waals surface area contributed by atoms with Crippen molar-refractivity contribution in [3.63, 3.8) is 0 Å². The van der Waals surface area contributed by atoms with E-state index in [1.165, 1.54) is 27.4 Å². The van der Waals surface area contributed by atoms with Gasteiger partial charge in [0.1, 0.15) is 34.9 Å². The summed E-state index contributed by atoms with van der Waals surface area (Å²) in [7, 11) is 1.63. The van der Waals surface area contributed by atoms with Crippen LogP contribution in [-0.4, -0.2) is 31.2 Å². The van der Waals surface area contributed by atoms with Crippen molar-refractivity contribution < 1.29 is 13.7 Å². The molecule has 0 amide bonds. The van der Waals surface area contributed by atoms with Gasteiger partial charge in [0.15, 0.2) is 5.69 Å². The van der Waals surface area contributed by atoms with Crippen LogP contribution in [0.4, 0.5) is 4.39 Å².